The van der Waals surface area contributed by atoms with Gasteiger partial charge < -0.3 is 69.1 Å². The van der Waals surface area contributed by atoms with Gasteiger partial charge in [-0.2, -0.15) is 0 Å². The smallest absolute Gasteiger partial charge is 0.305 e. The Morgan fingerprint density at radius 3 is 1.51 bits per heavy atom. The molecule has 23 nitrogen and oxygen atoms in total. The number of aliphatic hydroxyl groups excluding tert-OH is 1. The molecule has 0 aromatic heterocycles. The summed E-state index contributed by atoms with van der Waals surface area (Å²) in [5.74, 6) is -11.4. The average molecular weight is 902 g/mol. The molecule has 0 unspecified atom stereocenters. The SMILES string of the molecule is CC[C@H](C)[C@H](NC(=O)[C@@H](N)CCC(=O)O)C(=O)N[C@@H](CC(=O)O)C(=O)N[C@@H](CC(C)C)[C@@H](O)CN[C@@H](C)C(=O)N[C@H](C(=O)N[C@@H](CC(C)C)C(=O)N[C@@H](CC(=O)O)C(N)=O)C(C)C. The van der Waals surface area contributed by atoms with Crippen molar-refractivity contribution in [1.29, 1.82) is 0 Å². The fourth-order valence-corrected chi connectivity index (χ4v) is 6.10. The lowest BCUT2D eigenvalue weighted by Crippen LogP contribution is -2.60. The van der Waals surface area contributed by atoms with Crippen molar-refractivity contribution in [3.05, 3.63) is 0 Å². The van der Waals surface area contributed by atoms with Crippen LogP contribution in [0.15, 0.2) is 0 Å². The third kappa shape index (κ3) is 22.5. The Bertz CT molecular complexity index is 1590. The van der Waals surface area contributed by atoms with Crippen molar-refractivity contribution < 1.29 is 68.4 Å². The number of carboxylic acid groups (broad SMARTS) is 3. The lowest BCUT2D eigenvalue weighted by molar-refractivity contribution is -0.142. The zero-order chi connectivity index (χ0) is 48.9. The highest BCUT2D eigenvalue weighted by atomic mass is 16.4. The molecule has 0 aromatic rings. The standard InChI is InChI=1S/C40H71N9O14/c1-10-21(8)33(49-36(59)23(41)11-12-29(51)52)40(63)47-27(16-31(55)56)38(61)44-24(13-18(2)3)28(50)17-43-22(9)35(58)48-32(20(6)7)39(62)46-26(14-19(4)5)37(60)45-25(34(42)57)15-30(53)54/h18-28,32-33,43,50H,10-17,41H2,1-9H3,(H2,42,57)(H,44,61)(H,45,60)(H,46,62)(H,47,63)(H,48,58)(H,49,59)(H,51,52)(H,53,54)(H,55,56)/t21-,22-,23-,24-,25-,26-,27-,28-,32-,33-/m0/s1. The van der Waals surface area contributed by atoms with Crippen molar-refractivity contribution in [3.63, 3.8) is 0 Å². The van der Waals surface area contributed by atoms with Crippen molar-refractivity contribution in [2.24, 2.45) is 35.1 Å². The highest BCUT2D eigenvalue weighted by Crippen LogP contribution is 2.13. The molecule has 23 heteroatoms. The van der Waals surface area contributed by atoms with Gasteiger partial charge in [-0.25, -0.2) is 0 Å². The van der Waals surface area contributed by atoms with Gasteiger partial charge in [0.15, 0.2) is 0 Å². The Hall–Kier alpha value is -5.42. The van der Waals surface area contributed by atoms with Crippen LogP contribution >= 0.6 is 0 Å². The van der Waals surface area contributed by atoms with E-state index in [2.05, 4.69) is 37.2 Å². The first-order valence-corrected chi connectivity index (χ1v) is 21.0. The molecule has 0 radical (unpaired) electrons. The molecule has 7 amide bonds. The number of aliphatic carboxylic acids is 3. The molecule has 360 valence electrons. The van der Waals surface area contributed by atoms with Gasteiger partial charge in [0.05, 0.1) is 37.1 Å². The molecule has 0 saturated heterocycles. The highest BCUT2D eigenvalue weighted by Gasteiger charge is 2.35. The number of nitrogens with one attached hydrogen (secondary N) is 7. The maximum Gasteiger partial charge on any atom is 0.305 e. The summed E-state index contributed by atoms with van der Waals surface area (Å²) in [5.41, 5.74) is 11.1. The second-order valence-corrected chi connectivity index (χ2v) is 17.0. The van der Waals surface area contributed by atoms with Crippen molar-refractivity contribution in [2.45, 2.75) is 162 Å². The van der Waals surface area contributed by atoms with Crippen LogP contribution in [0.1, 0.15) is 107 Å². The summed E-state index contributed by atoms with van der Waals surface area (Å²) >= 11 is 0. The molecule has 0 aliphatic carbocycles. The topological polar surface area (TPSA) is 388 Å². The van der Waals surface area contributed by atoms with Gasteiger partial charge in [0, 0.05) is 13.0 Å². The summed E-state index contributed by atoms with van der Waals surface area (Å²) in [4.78, 5) is 125. The van der Waals surface area contributed by atoms with Crippen LogP contribution in [0, 0.1) is 23.7 Å². The summed E-state index contributed by atoms with van der Waals surface area (Å²) in [6.45, 7) is 14.9. The first kappa shape index (κ1) is 57.6. The molecule has 10 atom stereocenters. The van der Waals surface area contributed by atoms with Gasteiger partial charge in [0.25, 0.3) is 0 Å². The molecule has 63 heavy (non-hydrogen) atoms. The zero-order valence-corrected chi connectivity index (χ0v) is 37.7. The summed E-state index contributed by atoms with van der Waals surface area (Å²) < 4.78 is 0. The number of hydrogen-bond donors (Lipinski definition) is 13. The first-order chi connectivity index (χ1) is 29.1. The van der Waals surface area contributed by atoms with E-state index < -0.39 is 145 Å². The number of nitrogens with two attached hydrogens (primary N) is 2. The second kappa shape index (κ2) is 28.3. The van der Waals surface area contributed by atoms with Crippen molar-refractivity contribution in [2.75, 3.05) is 6.54 Å². The normalized spacial score (nSPS) is 16.2. The Balaban J connectivity index is 5.99. The van der Waals surface area contributed by atoms with Crippen LogP contribution < -0.4 is 48.7 Å². The third-order valence-electron chi connectivity index (χ3n) is 9.98. The molecule has 0 aliphatic rings. The van der Waals surface area contributed by atoms with Crippen molar-refractivity contribution in [1.82, 2.24) is 37.2 Å². The van der Waals surface area contributed by atoms with E-state index in [-0.39, 0.29) is 37.6 Å². The molecule has 0 heterocycles. The van der Waals surface area contributed by atoms with Gasteiger partial charge in [0.2, 0.25) is 41.4 Å². The van der Waals surface area contributed by atoms with Crippen LogP contribution in [0.4, 0.5) is 0 Å². The summed E-state index contributed by atoms with van der Waals surface area (Å²) in [7, 11) is 0. The largest absolute Gasteiger partial charge is 0.481 e. The predicted octanol–water partition coefficient (Wildman–Crippen LogP) is -2.34. The maximum absolute atomic E-state index is 13.6. The molecule has 0 aromatic carbocycles. The van der Waals surface area contributed by atoms with E-state index in [1.165, 1.54) is 6.92 Å². The predicted molar refractivity (Wildman–Crippen MR) is 227 cm³/mol. The van der Waals surface area contributed by atoms with E-state index in [1.807, 2.05) is 0 Å². The summed E-state index contributed by atoms with van der Waals surface area (Å²) in [6.07, 6.45) is -3.02. The van der Waals surface area contributed by atoms with Crippen molar-refractivity contribution >= 4 is 59.3 Å². The van der Waals surface area contributed by atoms with Crippen molar-refractivity contribution in [3.8, 4) is 0 Å². The average Bonchev–Trinajstić information content (AvgIpc) is 3.17. The molecule has 0 spiro atoms. The van der Waals surface area contributed by atoms with Gasteiger partial charge in [-0.3, -0.25) is 47.9 Å². The molecule has 0 saturated carbocycles. The first-order valence-electron chi connectivity index (χ1n) is 21.0. The lowest BCUT2D eigenvalue weighted by atomic mass is 9.96. The zero-order valence-electron chi connectivity index (χ0n) is 37.7. The minimum absolute atomic E-state index is 0.0891. The Labute approximate surface area is 367 Å². The monoisotopic (exact) mass is 902 g/mol. The van der Waals surface area contributed by atoms with E-state index in [9.17, 15) is 58.2 Å². The number of carbonyl (C=O) groups is 10. The van der Waals surface area contributed by atoms with Gasteiger partial charge in [-0.05, 0) is 49.9 Å². The summed E-state index contributed by atoms with van der Waals surface area (Å²) in [5, 5.41) is 56.7. The van der Waals surface area contributed by atoms with E-state index in [4.69, 9.17) is 21.7 Å². The van der Waals surface area contributed by atoms with Crippen LogP contribution in [0.5, 0.6) is 0 Å². The number of aliphatic hydroxyl groups is 1. The van der Waals surface area contributed by atoms with Gasteiger partial charge in [-0.15, -0.1) is 0 Å². The van der Waals surface area contributed by atoms with Gasteiger partial charge >= 0.3 is 17.9 Å². The second-order valence-electron chi connectivity index (χ2n) is 17.0. The number of hydrogen-bond acceptors (Lipinski definition) is 13. The Morgan fingerprint density at radius 2 is 1.03 bits per heavy atom. The van der Waals surface area contributed by atoms with Crippen LogP contribution in [0.3, 0.4) is 0 Å². The Kier molecular flexibility index (Phi) is 25.9. The quantitative estimate of drug-likeness (QED) is 0.0347. The van der Waals surface area contributed by atoms with E-state index >= 15 is 0 Å². The van der Waals surface area contributed by atoms with E-state index in [1.54, 1.807) is 55.4 Å². The fourth-order valence-electron chi connectivity index (χ4n) is 6.10. The van der Waals surface area contributed by atoms with Crippen LogP contribution in [-0.4, -0.2) is 141 Å². The molecule has 0 aliphatic heterocycles. The van der Waals surface area contributed by atoms with E-state index in [0.29, 0.717) is 6.42 Å². The molecule has 0 bridgehead atoms. The van der Waals surface area contributed by atoms with Gasteiger partial charge in [0.1, 0.15) is 30.2 Å². The highest BCUT2D eigenvalue weighted by molar-refractivity contribution is 5.96. The molecule has 0 rings (SSSR count). The van der Waals surface area contributed by atoms with Crippen LogP contribution in [0.25, 0.3) is 0 Å². The summed E-state index contributed by atoms with van der Waals surface area (Å²) in [6, 6.07) is -10.2. The maximum atomic E-state index is 13.6. The number of amides is 7. The molecular weight excluding hydrogens is 830 g/mol. The minimum atomic E-state index is -1.67. The molecule has 15 N–H and O–H groups in total. The number of carboxylic acids is 3. The lowest BCUT2D eigenvalue weighted by Gasteiger charge is -2.30. The van der Waals surface area contributed by atoms with E-state index in [0.717, 1.165) is 0 Å². The Morgan fingerprint density at radius 1 is 0.556 bits per heavy atom. The third-order valence-corrected chi connectivity index (χ3v) is 9.98. The molecular formula is C40H71N9O14. The fraction of sp³-hybridized carbons (Fsp3) is 0.750. The molecule has 0 fully saturated rings. The number of rotatable bonds is 31. The number of primary amides is 1. The van der Waals surface area contributed by atoms with Gasteiger partial charge in [-0.1, -0.05) is 61.8 Å². The van der Waals surface area contributed by atoms with Crippen LogP contribution in [-0.2, 0) is 47.9 Å². The minimum Gasteiger partial charge on any atom is -0.481 e. The number of carbonyl (C=O) groups excluding carboxylic acids is 7. The van der Waals surface area contributed by atoms with Crippen LogP contribution in [0.2, 0.25) is 0 Å².